The molecule has 0 unspecified atom stereocenters. The van der Waals surface area contributed by atoms with Crippen molar-refractivity contribution in [1.82, 2.24) is 4.98 Å². The first-order valence-corrected chi connectivity index (χ1v) is 6.85. The lowest BCUT2D eigenvalue weighted by atomic mass is 10.0. The number of hydrogen-bond donors (Lipinski definition) is 0. The molecule has 1 aromatic heterocycles. The number of aromatic nitrogens is 1. The van der Waals surface area contributed by atoms with Crippen molar-refractivity contribution in [3.05, 3.63) is 59.9 Å². The van der Waals surface area contributed by atoms with Crippen LogP contribution in [0.15, 0.2) is 48.7 Å². The van der Waals surface area contributed by atoms with Crippen LogP contribution in [0, 0.1) is 5.92 Å². The van der Waals surface area contributed by atoms with Gasteiger partial charge in [-0.15, -0.1) is 0 Å². The van der Waals surface area contributed by atoms with E-state index in [0.29, 0.717) is 6.61 Å². The molecular formula is C17H21NO. The van der Waals surface area contributed by atoms with Gasteiger partial charge < -0.3 is 4.74 Å². The van der Waals surface area contributed by atoms with Gasteiger partial charge in [0.25, 0.3) is 0 Å². The number of aryl methyl sites for hydroxylation is 1. The van der Waals surface area contributed by atoms with E-state index in [-0.39, 0.29) is 0 Å². The molecule has 0 aliphatic heterocycles. The van der Waals surface area contributed by atoms with Gasteiger partial charge in [-0.1, -0.05) is 32.0 Å². The maximum Gasteiger partial charge on any atom is 0.130 e. The van der Waals surface area contributed by atoms with Crippen LogP contribution in [0.4, 0.5) is 0 Å². The second-order valence-electron chi connectivity index (χ2n) is 5.19. The fraction of sp³-hybridized carbons (Fsp3) is 0.353. The van der Waals surface area contributed by atoms with Gasteiger partial charge in [0.1, 0.15) is 12.4 Å². The SMILES string of the molecule is CC(C)CCc1ccc(OCc2ccccn2)cc1. The second kappa shape index (κ2) is 6.93. The smallest absolute Gasteiger partial charge is 0.130 e. The third-order valence-electron chi connectivity index (χ3n) is 3.05. The van der Waals surface area contributed by atoms with E-state index < -0.39 is 0 Å². The number of ether oxygens (including phenoxy) is 1. The highest BCUT2D eigenvalue weighted by atomic mass is 16.5. The van der Waals surface area contributed by atoms with Crippen LogP contribution in [0.25, 0.3) is 0 Å². The van der Waals surface area contributed by atoms with E-state index in [1.807, 2.05) is 30.3 Å². The van der Waals surface area contributed by atoms with E-state index in [1.165, 1.54) is 12.0 Å². The lowest BCUT2D eigenvalue weighted by molar-refractivity contribution is 0.301. The van der Waals surface area contributed by atoms with Gasteiger partial charge >= 0.3 is 0 Å². The molecule has 0 bridgehead atoms. The largest absolute Gasteiger partial charge is 0.487 e. The average molecular weight is 255 g/mol. The van der Waals surface area contributed by atoms with Gasteiger partial charge in [0.2, 0.25) is 0 Å². The van der Waals surface area contributed by atoms with Crippen molar-refractivity contribution in [2.45, 2.75) is 33.3 Å². The van der Waals surface area contributed by atoms with Crippen molar-refractivity contribution in [2.75, 3.05) is 0 Å². The molecule has 2 rings (SSSR count). The normalized spacial score (nSPS) is 10.7. The highest BCUT2D eigenvalue weighted by molar-refractivity contribution is 5.27. The quantitative estimate of drug-likeness (QED) is 0.770. The van der Waals surface area contributed by atoms with Gasteiger partial charge in [-0.3, -0.25) is 4.98 Å². The molecule has 100 valence electrons. The fourth-order valence-electron chi connectivity index (χ4n) is 1.85. The number of pyridine rings is 1. The van der Waals surface area contributed by atoms with Crippen molar-refractivity contribution in [1.29, 1.82) is 0 Å². The predicted octanol–water partition coefficient (Wildman–Crippen LogP) is 4.25. The molecule has 0 N–H and O–H groups in total. The van der Waals surface area contributed by atoms with Crippen LogP contribution in [0.3, 0.4) is 0 Å². The van der Waals surface area contributed by atoms with Crippen LogP contribution < -0.4 is 4.74 Å². The van der Waals surface area contributed by atoms with Crippen LogP contribution >= 0.6 is 0 Å². The average Bonchev–Trinajstić information content (AvgIpc) is 2.45. The fourth-order valence-corrected chi connectivity index (χ4v) is 1.85. The molecule has 1 heterocycles. The van der Waals surface area contributed by atoms with Gasteiger partial charge in [0, 0.05) is 6.20 Å². The molecule has 0 saturated carbocycles. The molecule has 19 heavy (non-hydrogen) atoms. The Labute approximate surface area is 115 Å². The number of rotatable bonds is 6. The summed E-state index contributed by atoms with van der Waals surface area (Å²) in [5.74, 6) is 1.65. The number of benzene rings is 1. The van der Waals surface area contributed by atoms with Gasteiger partial charge in [-0.2, -0.15) is 0 Å². The zero-order valence-corrected chi connectivity index (χ0v) is 11.7. The minimum absolute atomic E-state index is 0.520. The van der Waals surface area contributed by atoms with E-state index in [2.05, 4.69) is 31.0 Å². The van der Waals surface area contributed by atoms with Crippen LogP contribution in [0.5, 0.6) is 5.75 Å². The van der Waals surface area contributed by atoms with Gasteiger partial charge in [-0.25, -0.2) is 0 Å². The van der Waals surface area contributed by atoms with Crippen LogP contribution in [-0.2, 0) is 13.0 Å². The van der Waals surface area contributed by atoms with E-state index in [0.717, 1.165) is 23.8 Å². The maximum absolute atomic E-state index is 5.71. The Balaban J connectivity index is 1.85. The van der Waals surface area contributed by atoms with E-state index in [1.54, 1.807) is 6.20 Å². The first-order valence-electron chi connectivity index (χ1n) is 6.85. The van der Waals surface area contributed by atoms with Crippen molar-refractivity contribution in [2.24, 2.45) is 5.92 Å². The maximum atomic E-state index is 5.71. The van der Waals surface area contributed by atoms with Crippen molar-refractivity contribution >= 4 is 0 Å². The van der Waals surface area contributed by atoms with Crippen LogP contribution in [0.1, 0.15) is 31.5 Å². The molecule has 0 amide bonds. The lowest BCUT2D eigenvalue weighted by Crippen LogP contribution is -1.98. The Kier molecular flexibility index (Phi) is 4.96. The third kappa shape index (κ3) is 4.74. The topological polar surface area (TPSA) is 22.1 Å². The van der Waals surface area contributed by atoms with Crippen LogP contribution in [0.2, 0.25) is 0 Å². The molecule has 2 aromatic rings. The minimum Gasteiger partial charge on any atom is -0.487 e. The van der Waals surface area contributed by atoms with Gasteiger partial charge in [0.05, 0.1) is 5.69 Å². The summed E-state index contributed by atoms with van der Waals surface area (Å²) in [4.78, 5) is 4.24. The van der Waals surface area contributed by atoms with Gasteiger partial charge in [-0.05, 0) is 48.6 Å². The third-order valence-corrected chi connectivity index (χ3v) is 3.05. The Morgan fingerprint density at radius 2 is 1.84 bits per heavy atom. The minimum atomic E-state index is 0.520. The first-order chi connectivity index (χ1) is 9.24. The number of nitrogens with zero attached hydrogens (tertiary/aromatic N) is 1. The number of hydrogen-bond acceptors (Lipinski definition) is 2. The highest BCUT2D eigenvalue weighted by Gasteiger charge is 1.99. The summed E-state index contributed by atoms with van der Waals surface area (Å²) in [6.45, 7) is 5.03. The van der Waals surface area contributed by atoms with E-state index >= 15 is 0 Å². The van der Waals surface area contributed by atoms with Crippen molar-refractivity contribution < 1.29 is 4.74 Å². The monoisotopic (exact) mass is 255 g/mol. The molecular weight excluding hydrogens is 234 g/mol. The summed E-state index contributed by atoms with van der Waals surface area (Å²) in [6.07, 6.45) is 4.15. The standard InChI is InChI=1S/C17H21NO/c1-14(2)6-7-15-8-10-17(11-9-15)19-13-16-5-3-4-12-18-16/h3-5,8-12,14H,6-7,13H2,1-2H3. The Bertz CT molecular complexity index is 476. The summed E-state index contributed by atoms with van der Waals surface area (Å²) in [6, 6.07) is 14.2. The van der Waals surface area contributed by atoms with E-state index in [9.17, 15) is 0 Å². The molecule has 0 spiro atoms. The molecule has 0 aliphatic rings. The molecule has 0 radical (unpaired) electrons. The molecule has 0 saturated heterocycles. The molecule has 0 aliphatic carbocycles. The Hall–Kier alpha value is -1.83. The zero-order valence-electron chi connectivity index (χ0n) is 11.7. The summed E-state index contributed by atoms with van der Waals surface area (Å²) in [5, 5.41) is 0. The zero-order chi connectivity index (χ0) is 13.5. The molecule has 2 nitrogen and oxygen atoms in total. The van der Waals surface area contributed by atoms with E-state index in [4.69, 9.17) is 4.74 Å². The Morgan fingerprint density at radius 3 is 2.47 bits per heavy atom. The predicted molar refractivity (Wildman–Crippen MR) is 78.2 cm³/mol. The summed E-state index contributed by atoms with van der Waals surface area (Å²) >= 11 is 0. The molecule has 2 heteroatoms. The van der Waals surface area contributed by atoms with Crippen molar-refractivity contribution in [3.63, 3.8) is 0 Å². The molecule has 1 aromatic carbocycles. The Morgan fingerprint density at radius 1 is 1.05 bits per heavy atom. The molecule has 0 atom stereocenters. The van der Waals surface area contributed by atoms with Gasteiger partial charge in [0.15, 0.2) is 0 Å². The van der Waals surface area contributed by atoms with Crippen molar-refractivity contribution in [3.8, 4) is 5.75 Å². The summed E-state index contributed by atoms with van der Waals surface area (Å²) in [5.41, 5.74) is 2.32. The second-order valence-corrected chi connectivity index (χ2v) is 5.19. The molecule has 0 fully saturated rings. The first kappa shape index (κ1) is 13.6. The van der Waals surface area contributed by atoms with Crippen LogP contribution in [-0.4, -0.2) is 4.98 Å². The lowest BCUT2D eigenvalue weighted by Gasteiger charge is -2.08. The highest BCUT2D eigenvalue weighted by Crippen LogP contribution is 2.16. The summed E-state index contributed by atoms with van der Waals surface area (Å²) in [7, 11) is 0. The summed E-state index contributed by atoms with van der Waals surface area (Å²) < 4.78 is 5.71.